The van der Waals surface area contributed by atoms with Gasteiger partial charge in [-0.05, 0) is 55.8 Å². The van der Waals surface area contributed by atoms with Crippen LogP contribution in [0.4, 0.5) is 0 Å². The highest BCUT2D eigenvalue weighted by atomic mass is 16.5. The van der Waals surface area contributed by atoms with Gasteiger partial charge in [0, 0.05) is 35.4 Å². The lowest BCUT2D eigenvalue weighted by molar-refractivity contribution is -0.318. The van der Waals surface area contributed by atoms with Crippen LogP contribution in [-0.4, -0.2) is 72.4 Å². The largest absolute Gasteiger partial charge is 0.393 e. The molecule has 190 valence electrons. The van der Waals surface area contributed by atoms with E-state index in [4.69, 9.17) is 14.6 Å². The number of carbonyl (C=O) groups is 1. The van der Waals surface area contributed by atoms with Crippen molar-refractivity contribution in [1.82, 2.24) is 10.3 Å². The molecule has 3 saturated heterocycles. The number of aliphatic hydroxyl groups is 1. The average molecular weight is 474 g/mol. The quantitative estimate of drug-likeness (QED) is 0.612. The van der Waals surface area contributed by atoms with Gasteiger partial charge in [-0.15, -0.1) is 0 Å². The van der Waals surface area contributed by atoms with Crippen molar-refractivity contribution < 1.29 is 19.4 Å². The van der Waals surface area contributed by atoms with E-state index in [9.17, 15) is 9.90 Å². The molecule has 0 aromatic heterocycles. The van der Waals surface area contributed by atoms with E-state index in [-0.39, 0.29) is 46.2 Å². The van der Waals surface area contributed by atoms with Crippen molar-refractivity contribution in [3.63, 3.8) is 0 Å². The van der Waals surface area contributed by atoms with Crippen LogP contribution in [0, 0.1) is 40.4 Å². The van der Waals surface area contributed by atoms with Gasteiger partial charge in [0.1, 0.15) is 0 Å². The third-order valence-corrected chi connectivity index (χ3v) is 11.3. The number of amides is 1. The van der Waals surface area contributed by atoms with Crippen molar-refractivity contribution in [1.29, 1.82) is 0 Å². The molecule has 0 bridgehead atoms. The normalized spacial score (nSPS) is 51.2. The third-order valence-electron chi connectivity index (χ3n) is 11.3. The molecule has 6 rings (SSSR count). The fourth-order valence-corrected chi connectivity index (χ4v) is 9.11. The number of hydrogen-bond acceptors (Lipinski definition) is 6. The van der Waals surface area contributed by atoms with Gasteiger partial charge in [0.25, 0.3) is 0 Å². The van der Waals surface area contributed by atoms with E-state index < -0.39 is 6.10 Å². The molecule has 34 heavy (non-hydrogen) atoms. The average Bonchev–Trinajstić information content (AvgIpc) is 3.17. The molecule has 0 aromatic rings. The molecule has 7 nitrogen and oxygen atoms in total. The minimum atomic E-state index is -0.452. The van der Waals surface area contributed by atoms with Gasteiger partial charge < -0.3 is 19.9 Å². The highest BCUT2D eigenvalue weighted by Crippen LogP contribution is 2.68. The van der Waals surface area contributed by atoms with Crippen LogP contribution in [0.1, 0.15) is 66.2 Å². The summed E-state index contributed by atoms with van der Waals surface area (Å²) in [5, 5.41) is 21.7. The zero-order valence-corrected chi connectivity index (χ0v) is 21.4. The summed E-state index contributed by atoms with van der Waals surface area (Å²) in [5.74, 6) is 1.24. The molecule has 3 aliphatic carbocycles. The maximum Gasteiger partial charge on any atom is 0.223 e. The van der Waals surface area contributed by atoms with E-state index in [0.717, 1.165) is 52.0 Å². The number of ether oxygens (including phenoxy) is 2. The highest BCUT2D eigenvalue weighted by Gasteiger charge is 2.70. The zero-order valence-electron chi connectivity index (χ0n) is 21.4. The smallest absolute Gasteiger partial charge is 0.223 e. The van der Waals surface area contributed by atoms with Gasteiger partial charge in [-0.1, -0.05) is 27.7 Å². The first-order chi connectivity index (χ1) is 16.2. The predicted molar refractivity (Wildman–Crippen MR) is 129 cm³/mol. The van der Waals surface area contributed by atoms with Crippen LogP contribution in [0.3, 0.4) is 0 Å². The van der Waals surface area contributed by atoms with Crippen molar-refractivity contribution in [3.8, 4) is 0 Å². The number of aliphatic hydroxyl groups excluding tert-OH is 1. The maximum atomic E-state index is 12.5. The second kappa shape index (κ2) is 7.91. The Hall–Kier alpha value is -1.18. The topological polar surface area (TPSA) is 83.4 Å². The molecule has 0 radical (unpaired) electrons. The molecule has 6 fully saturated rings. The van der Waals surface area contributed by atoms with Crippen LogP contribution < -0.4 is 5.32 Å². The lowest BCUT2D eigenvalue weighted by atomic mass is 9.42. The van der Waals surface area contributed by atoms with Crippen molar-refractivity contribution in [2.75, 3.05) is 32.8 Å². The molecule has 7 heteroatoms. The first kappa shape index (κ1) is 23.2. The Labute approximate surface area is 204 Å². The Morgan fingerprint density at radius 3 is 2.68 bits per heavy atom. The van der Waals surface area contributed by atoms with Gasteiger partial charge in [-0.3, -0.25) is 9.80 Å². The number of fused-ring (bicyclic) bond motifs is 3. The minimum absolute atomic E-state index is 0.0166. The van der Waals surface area contributed by atoms with Crippen LogP contribution in [0.25, 0.3) is 0 Å². The van der Waals surface area contributed by atoms with E-state index in [1.807, 2.05) is 0 Å². The van der Waals surface area contributed by atoms with E-state index in [0.29, 0.717) is 24.8 Å². The molecule has 1 spiro atoms. The molecule has 1 amide bonds. The summed E-state index contributed by atoms with van der Waals surface area (Å²) in [5.41, 5.74) is 1.04. The van der Waals surface area contributed by atoms with Gasteiger partial charge in [-0.2, -0.15) is 5.10 Å². The van der Waals surface area contributed by atoms with Crippen LogP contribution in [0.5, 0.6) is 0 Å². The predicted octanol–water partition coefficient (Wildman–Crippen LogP) is 2.82. The maximum absolute atomic E-state index is 12.5. The molecule has 2 N–H and O–H groups in total. The Morgan fingerprint density at radius 1 is 1.15 bits per heavy atom. The lowest BCUT2D eigenvalue weighted by Crippen LogP contribution is -2.72. The lowest BCUT2D eigenvalue weighted by Gasteiger charge is -2.70. The molecule has 3 aliphatic heterocycles. The van der Waals surface area contributed by atoms with Gasteiger partial charge in [-0.25, -0.2) is 0 Å². The number of hydrazone groups is 1. The zero-order chi connectivity index (χ0) is 23.9. The van der Waals surface area contributed by atoms with Crippen molar-refractivity contribution in [2.24, 2.45) is 45.5 Å². The molecule has 3 saturated carbocycles. The molecule has 9 atom stereocenters. The standard InChI is InChI=1S/C27H43N3O4/c1-16-5-6-21-25(2,3)22(29-30-9-11-33-12-10-30)7-8-27(21)26(16,4)14-18-20(31)13-17-19(23(18)34-27)15-28-24(17)32/h16-21,23,31H,5-15H2,1-4H3,(H,28,32). The van der Waals surface area contributed by atoms with E-state index in [1.165, 1.54) is 12.1 Å². The van der Waals surface area contributed by atoms with Gasteiger partial charge in [0.2, 0.25) is 5.91 Å². The fraction of sp³-hybridized carbons (Fsp3) is 0.926. The summed E-state index contributed by atoms with van der Waals surface area (Å²) in [4.78, 5) is 12.5. The molecule has 3 heterocycles. The highest BCUT2D eigenvalue weighted by molar-refractivity contribution is 5.91. The summed E-state index contributed by atoms with van der Waals surface area (Å²) in [6.45, 7) is 13.6. The molecule has 9 unspecified atom stereocenters. The number of rotatable bonds is 1. The molecular weight excluding hydrogens is 430 g/mol. The minimum Gasteiger partial charge on any atom is -0.393 e. The number of carbonyl (C=O) groups excluding carboxylic acids is 1. The van der Waals surface area contributed by atoms with E-state index in [1.54, 1.807) is 0 Å². The summed E-state index contributed by atoms with van der Waals surface area (Å²) in [6, 6.07) is 0. The first-order valence-corrected chi connectivity index (χ1v) is 13.7. The Balaban J connectivity index is 1.37. The van der Waals surface area contributed by atoms with Crippen molar-refractivity contribution in [2.45, 2.75) is 84.0 Å². The summed E-state index contributed by atoms with van der Waals surface area (Å²) < 4.78 is 13.0. The fourth-order valence-electron chi connectivity index (χ4n) is 9.11. The molecular formula is C27H43N3O4. The Kier molecular flexibility index (Phi) is 5.40. The SMILES string of the molecule is CC1CCC2C(C)(C)C(=NN3CCOCC3)CCC23OC2C(CC13C)C(O)CC1C(=O)NCC12. The second-order valence-electron chi connectivity index (χ2n) is 12.9. The molecule has 6 aliphatic rings. The van der Waals surface area contributed by atoms with E-state index >= 15 is 0 Å². The molecule has 0 aromatic carbocycles. The number of nitrogens with zero attached hydrogens (tertiary/aromatic N) is 2. The van der Waals surface area contributed by atoms with Crippen LogP contribution in [-0.2, 0) is 14.3 Å². The third kappa shape index (κ3) is 3.11. The van der Waals surface area contributed by atoms with Crippen molar-refractivity contribution >= 4 is 11.6 Å². The van der Waals surface area contributed by atoms with Gasteiger partial charge >= 0.3 is 0 Å². The number of nitrogens with one attached hydrogen (secondary N) is 1. The van der Waals surface area contributed by atoms with E-state index in [2.05, 4.69) is 38.0 Å². The Morgan fingerprint density at radius 2 is 1.91 bits per heavy atom. The number of morpholine rings is 1. The summed E-state index contributed by atoms with van der Waals surface area (Å²) in [6.07, 6.45) is 5.38. The van der Waals surface area contributed by atoms with Gasteiger partial charge in [0.15, 0.2) is 0 Å². The number of hydrogen-bond donors (Lipinski definition) is 2. The Bertz CT molecular complexity index is 870. The van der Waals surface area contributed by atoms with Crippen LogP contribution in [0.2, 0.25) is 0 Å². The monoisotopic (exact) mass is 473 g/mol. The van der Waals surface area contributed by atoms with Crippen molar-refractivity contribution in [3.05, 3.63) is 0 Å². The van der Waals surface area contributed by atoms with Gasteiger partial charge in [0.05, 0.1) is 44.1 Å². The summed E-state index contributed by atoms with van der Waals surface area (Å²) in [7, 11) is 0. The summed E-state index contributed by atoms with van der Waals surface area (Å²) >= 11 is 0. The first-order valence-electron chi connectivity index (χ1n) is 13.7. The van der Waals surface area contributed by atoms with Crippen LogP contribution >= 0.6 is 0 Å². The second-order valence-corrected chi connectivity index (χ2v) is 12.9. The van der Waals surface area contributed by atoms with Crippen LogP contribution in [0.15, 0.2) is 5.10 Å².